The van der Waals surface area contributed by atoms with Gasteiger partial charge in [0.2, 0.25) is 0 Å². The lowest BCUT2D eigenvalue weighted by Gasteiger charge is -2.24. The van der Waals surface area contributed by atoms with Crippen molar-refractivity contribution in [1.82, 2.24) is 9.55 Å². The summed E-state index contributed by atoms with van der Waals surface area (Å²) < 4.78 is 22.7. The van der Waals surface area contributed by atoms with Gasteiger partial charge in [-0.25, -0.2) is 4.79 Å². The molecule has 4 atom stereocenters. The molecule has 2 N–H and O–H groups in total. The Morgan fingerprint density at radius 2 is 1.78 bits per heavy atom. The average molecular weight is 495 g/mol. The van der Waals surface area contributed by atoms with E-state index in [-0.39, 0.29) is 12.4 Å². The average Bonchev–Trinajstić information content (AvgIpc) is 2.85. The Labute approximate surface area is 167 Å². The number of carbonyl (C=O) groups is 3. The molecule has 2 heterocycles. The van der Waals surface area contributed by atoms with Gasteiger partial charge in [-0.1, -0.05) is 0 Å². The molecule has 0 aromatic carbocycles. The Morgan fingerprint density at radius 3 is 2.33 bits per heavy atom. The molecule has 11 nitrogen and oxygen atoms in total. The lowest BCUT2D eigenvalue weighted by Crippen LogP contribution is -2.42. The molecule has 27 heavy (non-hydrogen) atoms. The molecule has 0 saturated carbocycles. The third-order valence-electron chi connectivity index (χ3n) is 3.55. The normalized spacial score (nSPS) is 24.3. The lowest BCUT2D eigenvalue weighted by molar-refractivity contribution is -0.166. The number of carbonyl (C=O) groups excluding carboxylic acids is 3. The van der Waals surface area contributed by atoms with Crippen LogP contribution in [-0.2, 0) is 33.3 Å². The maximum absolute atomic E-state index is 12.3. The number of ether oxygens (including phenoxy) is 4. The monoisotopic (exact) mass is 495 g/mol. The largest absolute Gasteiger partial charge is 0.463 e. The van der Waals surface area contributed by atoms with E-state index >= 15 is 0 Å². The zero-order valence-electron chi connectivity index (χ0n) is 14.7. The summed E-state index contributed by atoms with van der Waals surface area (Å²) in [5.74, 6) is -1.88. The van der Waals surface area contributed by atoms with Gasteiger partial charge in [0.05, 0.1) is 3.57 Å². The van der Waals surface area contributed by atoms with E-state index in [0.717, 1.165) is 11.5 Å². The summed E-state index contributed by atoms with van der Waals surface area (Å²) >= 11 is 1.88. The molecule has 0 aliphatic carbocycles. The van der Waals surface area contributed by atoms with E-state index in [1.807, 2.05) is 22.6 Å². The fraction of sp³-hybridized carbons (Fsp3) is 0.533. The van der Waals surface area contributed by atoms with Crippen molar-refractivity contribution in [2.75, 3.05) is 12.3 Å². The van der Waals surface area contributed by atoms with Crippen LogP contribution >= 0.6 is 22.6 Å². The lowest BCUT2D eigenvalue weighted by atomic mass is 10.1. The molecule has 0 unspecified atom stereocenters. The molecule has 148 valence electrons. The number of rotatable bonds is 5. The fourth-order valence-electron chi connectivity index (χ4n) is 2.56. The standard InChI is InChI=1S/C15H18IN3O8/c1-6(20)24-5-10-11(25-7(2)21)12(26-8(3)22)14(27-10)19-4-9(16)13(17)18-15(19)23/h4,10-12,14H,5H2,1-3H3,(H2,17,18,23)/t10-,11+,12-,14-/m1/s1. The van der Waals surface area contributed by atoms with Gasteiger partial charge in [-0.2, -0.15) is 4.98 Å². The molecule has 0 amide bonds. The molecule has 1 fully saturated rings. The molecule has 12 heteroatoms. The summed E-state index contributed by atoms with van der Waals surface area (Å²) in [6.07, 6.45) is -3.00. The second kappa shape index (κ2) is 8.65. The molecular weight excluding hydrogens is 477 g/mol. The molecule has 1 aliphatic heterocycles. The summed E-state index contributed by atoms with van der Waals surface area (Å²) in [4.78, 5) is 50.1. The quantitative estimate of drug-likeness (QED) is 0.329. The molecule has 1 aliphatic rings. The summed E-state index contributed by atoms with van der Waals surface area (Å²) in [5, 5.41) is 0. The minimum atomic E-state index is -1.16. The number of nitrogen functional groups attached to an aromatic ring is 1. The van der Waals surface area contributed by atoms with Crippen molar-refractivity contribution >= 4 is 46.3 Å². The maximum Gasteiger partial charge on any atom is 0.351 e. The number of aromatic nitrogens is 2. The number of hydrogen-bond acceptors (Lipinski definition) is 10. The van der Waals surface area contributed by atoms with Crippen LogP contribution in [0.4, 0.5) is 5.82 Å². The van der Waals surface area contributed by atoms with Crippen LogP contribution in [0, 0.1) is 3.57 Å². The van der Waals surface area contributed by atoms with E-state index in [2.05, 4.69) is 4.98 Å². The van der Waals surface area contributed by atoms with Crippen LogP contribution in [0.1, 0.15) is 27.0 Å². The van der Waals surface area contributed by atoms with Gasteiger partial charge < -0.3 is 24.7 Å². The van der Waals surface area contributed by atoms with E-state index in [1.54, 1.807) is 0 Å². The number of anilines is 1. The minimum absolute atomic E-state index is 0.0342. The molecule has 0 radical (unpaired) electrons. The third kappa shape index (κ3) is 5.15. The van der Waals surface area contributed by atoms with Crippen molar-refractivity contribution in [1.29, 1.82) is 0 Å². The summed E-state index contributed by atoms with van der Waals surface area (Å²) in [6, 6.07) is 0. The number of esters is 3. The van der Waals surface area contributed by atoms with Crippen LogP contribution in [0.25, 0.3) is 0 Å². The topological polar surface area (TPSA) is 149 Å². The molecule has 1 aromatic rings. The van der Waals surface area contributed by atoms with Gasteiger partial charge in [0.15, 0.2) is 18.4 Å². The summed E-state index contributed by atoms with van der Waals surface area (Å²) in [6.45, 7) is 3.26. The van der Waals surface area contributed by atoms with Crippen LogP contribution in [0.3, 0.4) is 0 Å². The van der Waals surface area contributed by atoms with E-state index in [0.29, 0.717) is 3.57 Å². The van der Waals surface area contributed by atoms with Gasteiger partial charge in [-0.3, -0.25) is 19.0 Å². The first-order valence-electron chi connectivity index (χ1n) is 7.77. The molecular formula is C15H18IN3O8. The van der Waals surface area contributed by atoms with E-state index in [1.165, 1.54) is 20.0 Å². The molecule has 1 aromatic heterocycles. The van der Waals surface area contributed by atoms with Crippen LogP contribution in [0.15, 0.2) is 11.0 Å². The molecule has 2 rings (SSSR count). The predicted molar refractivity (Wildman–Crippen MR) is 97.3 cm³/mol. The molecule has 1 saturated heterocycles. The fourth-order valence-corrected chi connectivity index (χ4v) is 2.98. The second-order valence-electron chi connectivity index (χ2n) is 5.68. The van der Waals surface area contributed by atoms with Crippen molar-refractivity contribution in [3.05, 3.63) is 20.3 Å². The Balaban J connectivity index is 2.45. The van der Waals surface area contributed by atoms with Crippen LogP contribution in [0.5, 0.6) is 0 Å². The predicted octanol–water partition coefficient (Wildman–Crippen LogP) is -0.246. The molecule has 0 spiro atoms. The highest BCUT2D eigenvalue weighted by molar-refractivity contribution is 14.1. The van der Waals surface area contributed by atoms with E-state index < -0.39 is 48.1 Å². The zero-order chi connectivity index (χ0) is 20.3. The first kappa shape index (κ1) is 21.1. The Morgan fingerprint density at radius 1 is 1.19 bits per heavy atom. The number of hydrogen-bond donors (Lipinski definition) is 1. The number of nitrogens with two attached hydrogens (primary N) is 1. The highest BCUT2D eigenvalue weighted by Crippen LogP contribution is 2.34. The van der Waals surface area contributed by atoms with Gasteiger partial charge in [-0.05, 0) is 22.6 Å². The number of nitrogens with zero attached hydrogens (tertiary/aromatic N) is 2. The van der Waals surface area contributed by atoms with Crippen molar-refractivity contribution in [3.8, 4) is 0 Å². The zero-order valence-corrected chi connectivity index (χ0v) is 16.9. The number of halogens is 1. The van der Waals surface area contributed by atoms with Crippen molar-refractivity contribution in [2.24, 2.45) is 0 Å². The third-order valence-corrected chi connectivity index (χ3v) is 4.38. The van der Waals surface area contributed by atoms with Crippen molar-refractivity contribution in [2.45, 2.75) is 45.3 Å². The smallest absolute Gasteiger partial charge is 0.351 e. The van der Waals surface area contributed by atoms with Crippen LogP contribution < -0.4 is 11.4 Å². The Hall–Kier alpha value is -2.22. The van der Waals surface area contributed by atoms with Gasteiger partial charge in [0.1, 0.15) is 18.5 Å². The highest BCUT2D eigenvalue weighted by Gasteiger charge is 2.51. The van der Waals surface area contributed by atoms with Crippen LogP contribution in [0.2, 0.25) is 0 Å². The molecule has 0 bridgehead atoms. The maximum atomic E-state index is 12.3. The van der Waals surface area contributed by atoms with E-state index in [4.69, 9.17) is 24.7 Å². The van der Waals surface area contributed by atoms with Gasteiger partial charge in [0, 0.05) is 27.0 Å². The first-order chi connectivity index (χ1) is 12.6. The Bertz CT molecular complexity index is 811. The first-order valence-corrected chi connectivity index (χ1v) is 8.85. The van der Waals surface area contributed by atoms with Gasteiger partial charge in [-0.15, -0.1) is 0 Å². The SMILES string of the molecule is CC(=O)OC[C@H]1O[C@@H](n2cc(I)c(N)nc2=O)[C@H](OC(C)=O)[C@H]1OC(C)=O. The van der Waals surface area contributed by atoms with Gasteiger partial charge >= 0.3 is 23.6 Å². The van der Waals surface area contributed by atoms with Crippen LogP contribution in [-0.4, -0.2) is 52.4 Å². The van der Waals surface area contributed by atoms with Gasteiger partial charge in [0.25, 0.3) is 0 Å². The van der Waals surface area contributed by atoms with E-state index in [9.17, 15) is 19.2 Å². The highest BCUT2D eigenvalue weighted by atomic mass is 127. The Kier molecular flexibility index (Phi) is 6.75. The minimum Gasteiger partial charge on any atom is -0.463 e. The van der Waals surface area contributed by atoms with Crippen molar-refractivity contribution in [3.63, 3.8) is 0 Å². The summed E-state index contributed by atoms with van der Waals surface area (Å²) in [5.41, 5.74) is 4.87. The van der Waals surface area contributed by atoms with Crippen molar-refractivity contribution < 1.29 is 33.3 Å². The second-order valence-corrected chi connectivity index (χ2v) is 6.84. The summed E-state index contributed by atoms with van der Waals surface area (Å²) in [7, 11) is 0.